The Morgan fingerprint density at radius 3 is 2.50 bits per heavy atom. The lowest BCUT2D eigenvalue weighted by atomic mass is 10.3. The molecule has 1 radical (unpaired) electrons. The number of nitrogens with zero attached hydrogens (tertiary/aromatic N) is 2. The molecule has 0 bridgehead atoms. The summed E-state index contributed by atoms with van der Waals surface area (Å²) >= 11 is 1.39. The number of carbonyl (C=O) groups is 2. The fourth-order valence-electron chi connectivity index (χ4n) is 1.79. The molecule has 1 heterocycles. The van der Waals surface area contributed by atoms with Crippen LogP contribution in [0.5, 0.6) is 0 Å². The summed E-state index contributed by atoms with van der Waals surface area (Å²) in [4.78, 5) is 37.5. The maximum atomic E-state index is 12.6. The quantitative estimate of drug-likeness (QED) is 0.942. The molecule has 113 valence electrons. The number of para-hydroxylation sites is 1. The van der Waals surface area contributed by atoms with Gasteiger partial charge in [-0.2, -0.15) is 0 Å². The Morgan fingerprint density at radius 2 is 1.91 bits per heavy atom. The summed E-state index contributed by atoms with van der Waals surface area (Å²) < 4.78 is 0. The van der Waals surface area contributed by atoms with Crippen LogP contribution >= 0.6 is 11.3 Å². The van der Waals surface area contributed by atoms with Gasteiger partial charge in [0.1, 0.15) is 0 Å². The van der Waals surface area contributed by atoms with Gasteiger partial charge in [0.2, 0.25) is 6.29 Å². The molecule has 0 saturated heterocycles. The number of urea groups is 2. The maximum absolute atomic E-state index is 12.6. The van der Waals surface area contributed by atoms with Crippen LogP contribution in [-0.2, 0) is 4.79 Å². The first-order chi connectivity index (χ1) is 10.6. The summed E-state index contributed by atoms with van der Waals surface area (Å²) in [5, 5.41) is 4.88. The lowest BCUT2D eigenvalue weighted by Gasteiger charge is -2.25. The lowest BCUT2D eigenvalue weighted by Crippen LogP contribution is -2.49. The Labute approximate surface area is 132 Å². The number of hydrogen-bond acceptors (Lipinski definition) is 4. The predicted molar refractivity (Wildman–Crippen MR) is 86.1 cm³/mol. The molecule has 2 rings (SSSR count). The SMILES string of the molecule is CN(C(=O)N(C(=O)NC[C]=O)c1ccccc1)c1cccs1. The van der Waals surface area contributed by atoms with Gasteiger partial charge in [-0.3, -0.25) is 9.69 Å². The molecule has 4 amide bonds. The van der Waals surface area contributed by atoms with E-state index in [0.29, 0.717) is 10.7 Å². The third-order valence-electron chi connectivity index (χ3n) is 2.84. The van der Waals surface area contributed by atoms with Gasteiger partial charge < -0.3 is 5.32 Å². The standard InChI is InChI=1S/C15H14N3O3S/c1-17(13-8-5-11-22-13)15(21)18(14(20)16-9-10-19)12-6-3-2-4-7-12/h2-8,11H,9H2,1H3,(H,16,20). The first-order valence-electron chi connectivity index (χ1n) is 6.44. The third kappa shape index (κ3) is 3.50. The maximum Gasteiger partial charge on any atom is 0.337 e. The van der Waals surface area contributed by atoms with Crippen molar-refractivity contribution in [3.05, 3.63) is 47.8 Å². The number of amides is 4. The summed E-state index contributed by atoms with van der Waals surface area (Å²) in [6, 6.07) is 10.9. The van der Waals surface area contributed by atoms with Crippen LogP contribution in [0.4, 0.5) is 20.3 Å². The molecule has 0 aliphatic heterocycles. The monoisotopic (exact) mass is 316 g/mol. The molecule has 1 N–H and O–H groups in total. The minimum absolute atomic E-state index is 0.280. The fraction of sp³-hybridized carbons (Fsp3) is 0.133. The van der Waals surface area contributed by atoms with E-state index in [9.17, 15) is 14.4 Å². The topological polar surface area (TPSA) is 69.7 Å². The number of benzene rings is 1. The Kier molecular flexibility index (Phi) is 5.26. The van der Waals surface area contributed by atoms with Crippen LogP contribution < -0.4 is 15.1 Å². The Bertz CT molecular complexity index is 643. The second-order valence-corrected chi connectivity index (χ2v) is 5.19. The molecule has 22 heavy (non-hydrogen) atoms. The van der Waals surface area contributed by atoms with E-state index in [4.69, 9.17) is 0 Å². The zero-order valence-electron chi connectivity index (χ0n) is 11.9. The average molecular weight is 316 g/mol. The van der Waals surface area contributed by atoms with Gasteiger partial charge >= 0.3 is 12.1 Å². The van der Waals surface area contributed by atoms with Gasteiger partial charge in [-0.05, 0) is 29.6 Å². The molecule has 1 aromatic carbocycles. The summed E-state index contributed by atoms with van der Waals surface area (Å²) in [5.41, 5.74) is 0.416. The van der Waals surface area contributed by atoms with E-state index in [0.717, 1.165) is 4.90 Å². The van der Waals surface area contributed by atoms with Crippen molar-refractivity contribution in [1.82, 2.24) is 5.32 Å². The third-order valence-corrected chi connectivity index (χ3v) is 3.79. The van der Waals surface area contributed by atoms with Gasteiger partial charge in [-0.1, -0.05) is 18.2 Å². The Balaban J connectivity index is 2.29. The second-order valence-electron chi connectivity index (χ2n) is 4.27. The molecule has 1 aromatic heterocycles. The number of nitrogens with one attached hydrogen (secondary N) is 1. The van der Waals surface area contributed by atoms with E-state index in [1.807, 2.05) is 11.4 Å². The molecule has 0 unspecified atom stereocenters. The highest BCUT2D eigenvalue weighted by molar-refractivity contribution is 7.14. The molecule has 6 nitrogen and oxygen atoms in total. The van der Waals surface area contributed by atoms with Crippen LogP contribution in [-0.4, -0.2) is 31.9 Å². The molecular formula is C15H14N3O3S. The molecule has 0 aliphatic carbocycles. The van der Waals surface area contributed by atoms with E-state index in [1.165, 1.54) is 16.2 Å². The van der Waals surface area contributed by atoms with E-state index in [-0.39, 0.29) is 6.54 Å². The number of hydrogen-bond donors (Lipinski definition) is 1. The zero-order chi connectivity index (χ0) is 15.9. The number of imide groups is 1. The molecule has 0 atom stereocenters. The molecule has 0 fully saturated rings. The first-order valence-corrected chi connectivity index (χ1v) is 7.32. The predicted octanol–water partition coefficient (Wildman–Crippen LogP) is 2.63. The summed E-state index contributed by atoms with van der Waals surface area (Å²) in [6.07, 6.45) is 1.57. The average Bonchev–Trinajstić information content (AvgIpc) is 3.07. The van der Waals surface area contributed by atoms with Crippen molar-refractivity contribution in [3.63, 3.8) is 0 Å². The van der Waals surface area contributed by atoms with E-state index < -0.39 is 12.1 Å². The zero-order valence-corrected chi connectivity index (χ0v) is 12.7. The molecule has 0 spiro atoms. The number of anilines is 2. The molecule has 2 aromatic rings. The minimum Gasteiger partial charge on any atom is -0.330 e. The molecule has 0 aliphatic rings. The van der Waals surface area contributed by atoms with Crippen LogP contribution in [0.1, 0.15) is 0 Å². The van der Waals surface area contributed by atoms with Crippen molar-refractivity contribution in [2.24, 2.45) is 0 Å². The van der Waals surface area contributed by atoms with Gasteiger partial charge in [0.25, 0.3) is 0 Å². The smallest absolute Gasteiger partial charge is 0.330 e. The molecule has 7 heteroatoms. The summed E-state index contributed by atoms with van der Waals surface area (Å²) in [6.45, 7) is -0.280. The van der Waals surface area contributed by atoms with Gasteiger partial charge in [0.15, 0.2) is 0 Å². The largest absolute Gasteiger partial charge is 0.337 e. The van der Waals surface area contributed by atoms with Crippen molar-refractivity contribution >= 4 is 40.4 Å². The van der Waals surface area contributed by atoms with Gasteiger partial charge in [-0.15, -0.1) is 11.3 Å². The van der Waals surface area contributed by atoms with Crippen molar-refractivity contribution in [1.29, 1.82) is 0 Å². The van der Waals surface area contributed by atoms with Crippen molar-refractivity contribution in [2.45, 2.75) is 0 Å². The minimum atomic E-state index is -0.678. The number of thiophene rings is 1. The Hall–Kier alpha value is -2.67. The van der Waals surface area contributed by atoms with Crippen molar-refractivity contribution < 1.29 is 14.4 Å². The van der Waals surface area contributed by atoms with Crippen LogP contribution in [0, 0.1) is 0 Å². The summed E-state index contributed by atoms with van der Waals surface area (Å²) in [5.74, 6) is 0. The number of rotatable bonds is 4. The normalized spacial score (nSPS) is 9.86. The summed E-state index contributed by atoms with van der Waals surface area (Å²) in [7, 11) is 1.59. The molecular weight excluding hydrogens is 302 g/mol. The first kappa shape index (κ1) is 15.7. The Morgan fingerprint density at radius 1 is 1.18 bits per heavy atom. The van der Waals surface area contributed by atoms with E-state index >= 15 is 0 Å². The fourth-order valence-corrected chi connectivity index (χ4v) is 2.48. The van der Waals surface area contributed by atoms with Gasteiger partial charge in [0.05, 0.1) is 17.2 Å². The number of carbonyl (C=O) groups excluding carboxylic acids is 3. The lowest BCUT2D eigenvalue weighted by molar-refractivity contribution is 0.238. The highest BCUT2D eigenvalue weighted by Gasteiger charge is 2.27. The van der Waals surface area contributed by atoms with E-state index in [2.05, 4.69) is 5.32 Å². The van der Waals surface area contributed by atoms with Crippen LogP contribution in [0.25, 0.3) is 0 Å². The second kappa shape index (κ2) is 7.37. The van der Waals surface area contributed by atoms with Crippen molar-refractivity contribution in [3.8, 4) is 0 Å². The van der Waals surface area contributed by atoms with Crippen LogP contribution in [0.3, 0.4) is 0 Å². The highest BCUT2D eigenvalue weighted by Crippen LogP contribution is 2.23. The van der Waals surface area contributed by atoms with Gasteiger partial charge in [0, 0.05) is 7.05 Å². The van der Waals surface area contributed by atoms with E-state index in [1.54, 1.807) is 49.7 Å². The molecule has 0 saturated carbocycles. The van der Waals surface area contributed by atoms with Gasteiger partial charge in [-0.25, -0.2) is 14.5 Å². The van der Waals surface area contributed by atoms with Crippen molar-refractivity contribution in [2.75, 3.05) is 23.4 Å². The van der Waals surface area contributed by atoms with Crippen LogP contribution in [0.2, 0.25) is 0 Å². The van der Waals surface area contributed by atoms with Crippen LogP contribution in [0.15, 0.2) is 47.8 Å². The highest BCUT2D eigenvalue weighted by atomic mass is 32.1.